The Kier molecular flexibility index (Phi) is 4.85. The van der Waals surface area contributed by atoms with Gasteiger partial charge in [0.25, 0.3) is 0 Å². The van der Waals surface area contributed by atoms with Crippen LogP contribution in [0, 0.1) is 5.92 Å². The molecule has 2 N–H and O–H groups in total. The second-order valence-electron chi connectivity index (χ2n) is 7.62. The molecule has 4 aromatic rings. The van der Waals surface area contributed by atoms with Crippen LogP contribution in [0.5, 0.6) is 0 Å². The molecule has 150 valence electrons. The van der Waals surface area contributed by atoms with E-state index in [1.54, 1.807) is 12.4 Å². The number of carbonyl (C=O) groups excluding carboxylic acids is 1. The first-order valence-corrected chi connectivity index (χ1v) is 10.1. The van der Waals surface area contributed by atoms with Crippen LogP contribution in [0.25, 0.3) is 22.2 Å². The van der Waals surface area contributed by atoms with E-state index in [1.807, 2.05) is 54.7 Å². The molecule has 1 fully saturated rings. The maximum atomic E-state index is 12.4. The average Bonchev–Trinajstić information content (AvgIpc) is 3.16. The second-order valence-corrected chi connectivity index (χ2v) is 7.62. The summed E-state index contributed by atoms with van der Waals surface area (Å²) in [7, 11) is 0. The first kappa shape index (κ1) is 18.3. The Morgan fingerprint density at radius 2 is 1.90 bits per heavy atom. The Morgan fingerprint density at radius 3 is 2.70 bits per heavy atom. The van der Waals surface area contributed by atoms with Gasteiger partial charge in [-0.05, 0) is 35.9 Å². The number of rotatable bonds is 6. The summed E-state index contributed by atoms with van der Waals surface area (Å²) >= 11 is 0. The molecule has 0 unspecified atom stereocenters. The standard InChI is InChI=1S/C23H22N6O/c30-23(11-18-13-25-21-4-2-1-3-19(18)21)26-12-16-14-29(15-16)22-6-5-20(27-28-22)17-7-9-24-10-8-17/h1-10,13,16,25H,11-12,14-15H2,(H,26,30). The fraction of sp³-hybridized carbons (Fsp3) is 0.217. The van der Waals surface area contributed by atoms with Gasteiger partial charge in [0.1, 0.15) is 0 Å². The van der Waals surface area contributed by atoms with Crippen molar-refractivity contribution in [3.05, 3.63) is 72.7 Å². The molecular weight excluding hydrogens is 376 g/mol. The molecule has 1 aliphatic rings. The Labute approximate surface area is 174 Å². The molecule has 5 rings (SSSR count). The topological polar surface area (TPSA) is 86.8 Å². The lowest BCUT2D eigenvalue weighted by Gasteiger charge is -2.39. The number of anilines is 1. The Bertz CT molecular complexity index is 1150. The Morgan fingerprint density at radius 1 is 1.07 bits per heavy atom. The van der Waals surface area contributed by atoms with Crippen molar-refractivity contribution >= 4 is 22.6 Å². The van der Waals surface area contributed by atoms with E-state index in [0.29, 0.717) is 18.9 Å². The van der Waals surface area contributed by atoms with Crippen molar-refractivity contribution < 1.29 is 4.79 Å². The van der Waals surface area contributed by atoms with Gasteiger partial charge in [0.05, 0.1) is 12.1 Å². The number of carbonyl (C=O) groups is 1. The Hall–Kier alpha value is -3.74. The number of para-hydroxylation sites is 1. The van der Waals surface area contributed by atoms with Crippen LogP contribution in [0.3, 0.4) is 0 Å². The third-order valence-electron chi connectivity index (χ3n) is 5.52. The van der Waals surface area contributed by atoms with Gasteiger partial charge in [0.2, 0.25) is 5.91 Å². The van der Waals surface area contributed by atoms with E-state index in [-0.39, 0.29) is 5.91 Å². The van der Waals surface area contributed by atoms with Crippen LogP contribution in [-0.4, -0.2) is 45.7 Å². The summed E-state index contributed by atoms with van der Waals surface area (Å²) in [5, 5.41) is 12.9. The maximum Gasteiger partial charge on any atom is 0.224 e. The number of fused-ring (bicyclic) bond motifs is 1. The molecule has 0 radical (unpaired) electrons. The van der Waals surface area contributed by atoms with Crippen molar-refractivity contribution in [1.82, 2.24) is 25.5 Å². The second kappa shape index (κ2) is 7.94. The number of hydrogen-bond acceptors (Lipinski definition) is 5. The van der Waals surface area contributed by atoms with Gasteiger partial charge in [-0.15, -0.1) is 10.2 Å². The molecule has 1 aliphatic heterocycles. The van der Waals surface area contributed by atoms with E-state index in [4.69, 9.17) is 0 Å². The zero-order chi connectivity index (χ0) is 20.3. The first-order chi connectivity index (χ1) is 14.8. The highest BCUT2D eigenvalue weighted by atomic mass is 16.1. The lowest BCUT2D eigenvalue weighted by molar-refractivity contribution is -0.120. The molecule has 3 aromatic heterocycles. The third kappa shape index (κ3) is 3.74. The predicted molar refractivity (Wildman–Crippen MR) is 116 cm³/mol. The number of pyridine rings is 1. The summed E-state index contributed by atoms with van der Waals surface area (Å²) in [5.74, 6) is 1.35. The smallest absolute Gasteiger partial charge is 0.224 e. The number of aromatic nitrogens is 4. The van der Waals surface area contributed by atoms with Gasteiger partial charge >= 0.3 is 0 Å². The third-order valence-corrected chi connectivity index (χ3v) is 5.52. The minimum absolute atomic E-state index is 0.0553. The zero-order valence-electron chi connectivity index (χ0n) is 16.5. The monoisotopic (exact) mass is 398 g/mol. The van der Waals surface area contributed by atoms with Crippen LogP contribution in [-0.2, 0) is 11.2 Å². The van der Waals surface area contributed by atoms with Crippen LogP contribution in [0.4, 0.5) is 5.82 Å². The number of hydrogen-bond donors (Lipinski definition) is 2. The van der Waals surface area contributed by atoms with Crippen LogP contribution >= 0.6 is 0 Å². The SMILES string of the molecule is O=C(Cc1c[nH]c2ccccc12)NCC1CN(c2ccc(-c3ccncc3)nn2)C1. The molecule has 7 heteroatoms. The van der Waals surface area contributed by atoms with Gasteiger partial charge in [-0.1, -0.05) is 18.2 Å². The first-order valence-electron chi connectivity index (χ1n) is 10.1. The summed E-state index contributed by atoms with van der Waals surface area (Å²) in [5.41, 5.74) is 3.93. The van der Waals surface area contributed by atoms with E-state index in [0.717, 1.165) is 46.6 Å². The summed E-state index contributed by atoms with van der Waals surface area (Å²) in [6, 6.07) is 15.9. The highest BCUT2D eigenvalue weighted by Crippen LogP contribution is 2.24. The van der Waals surface area contributed by atoms with Crippen molar-refractivity contribution in [2.75, 3.05) is 24.5 Å². The van der Waals surface area contributed by atoms with Crippen molar-refractivity contribution in [3.63, 3.8) is 0 Å². The van der Waals surface area contributed by atoms with E-state index in [1.165, 1.54) is 0 Å². The fourth-order valence-electron chi connectivity index (χ4n) is 3.83. The van der Waals surface area contributed by atoms with Crippen molar-refractivity contribution in [3.8, 4) is 11.3 Å². The van der Waals surface area contributed by atoms with Crippen molar-refractivity contribution in [2.45, 2.75) is 6.42 Å². The molecule has 0 spiro atoms. The van der Waals surface area contributed by atoms with Gasteiger partial charge in [-0.2, -0.15) is 0 Å². The van der Waals surface area contributed by atoms with Crippen molar-refractivity contribution in [2.24, 2.45) is 5.92 Å². The molecule has 30 heavy (non-hydrogen) atoms. The summed E-state index contributed by atoms with van der Waals surface area (Å²) < 4.78 is 0. The molecule has 1 aromatic carbocycles. The van der Waals surface area contributed by atoms with E-state index >= 15 is 0 Å². The normalized spacial score (nSPS) is 13.9. The molecule has 7 nitrogen and oxygen atoms in total. The fourth-order valence-corrected chi connectivity index (χ4v) is 3.83. The van der Waals surface area contributed by atoms with E-state index < -0.39 is 0 Å². The number of aromatic amines is 1. The highest BCUT2D eigenvalue weighted by molar-refractivity contribution is 5.88. The molecule has 1 saturated heterocycles. The number of nitrogens with one attached hydrogen (secondary N) is 2. The number of H-pyrrole nitrogens is 1. The minimum atomic E-state index is 0.0553. The number of benzene rings is 1. The summed E-state index contributed by atoms with van der Waals surface area (Å²) in [4.78, 5) is 21.8. The largest absolute Gasteiger partial charge is 0.361 e. The predicted octanol–water partition coefficient (Wildman–Crippen LogP) is 2.82. The molecule has 1 amide bonds. The minimum Gasteiger partial charge on any atom is -0.361 e. The molecule has 0 saturated carbocycles. The van der Waals surface area contributed by atoms with Gasteiger partial charge in [-0.3, -0.25) is 9.78 Å². The van der Waals surface area contributed by atoms with E-state index in [9.17, 15) is 4.79 Å². The van der Waals surface area contributed by atoms with E-state index in [2.05, 4.69) is 30.4 Å². The van der Waals surface area contributed by atoms with Gasteiger partial charge in [-0.25, -0.2) is 0 Å². The molecule has 0 bridgehead atoms. The molecule has 4 heterocycles. The van der Waals surface area contributed by atoms with Crippen LogP contribution in [0.1, 0.15) is 5.56 Å². The van der Waals surface area contributed by atoms with Gasteiger partial charge in [0, 0.05) is 60.6 Å². The molecule has 0 atom stereocenters. The van der Waals surface area contributed by atoms with Crippen molar-refractivity contribution in [1.29, 1.82) is 0 Å². The zero-order valence-corrected chi connectivity index (χ0v) is 16.5. The Balaban J connectivity index is 1.10. The van der Waals surface area contributed by atoms with Gasteiger partial charge in [0.15, 0.2) is 5.82 Å². The number of nitrogens with zero attached hydrogens (tertiary/aromatic N) is 4. The lowest BCUT2D eigenvalue weighted by Crippen LogP contribution is -2.52. The van der Waals surface area contributed by atoms with Gasteiger partial charge < -0.3 is 15.2 Å². The number of amides is 1. The van der Waals surface area contributed by atoms with Crippen LogP contribution in [0.2, 0.25) is 0 Å². The average molecular weight is 398 g/mol. The molecular formula is C23H22N6O. The lowest BCUT2D eigenvalue weighted by atomic mass is 10.00. The van der Waals surface area contributed by atoms with Crippen LogP contribution in [0.15, 0.2) is 67.1 Å². The quantitative estimate of drug-likeness (QED) is 0.522. The van der Waals surface area contributed by atoms with Crippen LogP contribution < -0.4 is 10.2 Å². The maximum absolute atomic E-state index is 12.4. The molecule has 0 aliphatic carbocycles. The highest BCUT2D eigenvalue weighted by Gasteiger charge is 2.28. The summed E-state index contributed by atoms with van der Waals surface area (Å²) in [6.45, 7) is 2.42. The summed E-state index contributed by atoms with van der Waals surface area (Å²) in [6.07, 6.45) is 5.81.